The van der Waals surface area contributed by atoms with Crippen LogP contribution in [0.1, 0.15) is 31.9 Å². The summed E-state index contributed by atoms with van der Waals surface area (Å²) in [5, 5.41) is 10.4. The van der Waals surface area contributed by atoms with Crippen LogP contribution in [-0.4, -0.2) is 16.7 Å². The Hall–Kier alpha value is -3.01. The lowest BCUT2D eigenvalue weighted by molar-refractivity contribution is -0.148. The first-order valence-electron chi connectivity index (χ1n) is 8.46. The number of ether oxygens (including phenoxy) is 1. The quantitative estimate of drug-likeness (QED) is 0.503. The van der Waals surface area contributed by atoms with Gasteiger partial charge in [0, 0.05) is 22.6 Å². The molecule has 2 aromatic carbocycles. The molecule has 3 rings (SSSR count). The summed E-state index contributed by atoms with van der Waals surface area (Å²) in [6.07, 6.45) is 3.17. The third-order valence-electron chi connectivity index (χ3n) is 3.91. The van der Waals surface area contributed by atoms with E-state index in [1.807, 2.05) is 58.0 Å². The molecule has 0 unspecified atom stereocenters. The van der Waals surface area contributed by atoms with Gasteiger partial charge < -0.3 is 14.3 Å². The van der Waals surface area contributed by atoms with E-state index >= 15 is 0 Å². The van der Waals surface area contributed by atoms with Crippen molar-refractivity contribution >= 4 is 23.0 Å². The predicted octanol–water partition coefficient (Wildman–Crippen LogP) is 5.47. The van der Waals surface area contributed by atoms with Crippen LogP contribution in [-0.2, 0) is 9.53 Å². The Balaban J connectivity index is 1.90. The molecule has 1 aromatic heterocycles. The van der Waals surface area contributed by atoms with E-state index in [1.54, 1.807) is 18.2 Å². The number of carbonyl (C=O) groups is 1. The maximum Gasteiger partial charge on any atom is 0.331 e. The molecule has 0 aliphatic rings. The van der Waals surface area contributed by atoms with Crippen molar-refractivity contribution in [1.29, 1.82) is 0 Å². The fourth-order valence-electron chi connectivity index (χ4n) is 2.73. The van der Waals surface area contributed by atoms with Crippen LogP contribution in [0.5, 0.6) is 5.75 Å². The second-order valence-electron chi connectivity index (χ2n) is 7.23. The minimum absolute atomic E-state index is 0.220. The third-order valence-corrected chi connectivity index (χ3v) is 3.91. The number of rotatable bonds is 3. The zero-order chi connectivity index (χ0) is 18.9. The minimum Gasteiger partial charge on any atom is -0.508 e. The van der Waals surface area contributed by atoms with Gasteiger partial charge in [0.1, 0.15) is 22.7 Å². The molecule has 0 spiro atoms. The number of carbonyl (C=O) groups excluding carboxylic acids is 1. The lowest BCUT2D eigenvalue weighted by Crippen LogP contribution is -2.22. The van der Waals surface area contributed by atoms with Crippen LogP contribution in [0.3, 0.4) is 0 Å². The Morgan fingerprint density at radius 1 is 1.12 bits per heavy atom. The van der Waals surface area contributed by atoms with E-state index in [1.165, 1.54) is 6.08 Å². The zero-order valence-electron chi connectivity index (χ0n) is 15.4. The Bertz CT molecular complexity index is 970. The largest absolute Gasteiger partial charge is 0.508 e. The van der Waals surface area contributed by atoms with Crippen molar-refractivity contribution in [3.05, 3.63) is 59.7 Å². The molecule has 3 aromatic rings. The smallest absolute Gasteiger partial charge is 0.331 e. The van der Waals surface area contributed by atoms with Crippen molar-refractivity contribution in [1.82, 2.24) is 0 Å². The summed E-state index contributed by atoms with van der Waals surface area (Å²) in [6.45, 7) is 7.51. The van der Waals surface area contributed by atoms with E-state index in [-0.39, 0.29) is 11.7 Å². The normalized spacial score (nSPS) is 12.0. The van der Waals surface area contributed by atoms with Gasteiger partial charge in [-0.05, 0) is 75.7 Å². The van der Waals surface area contributed by atoms with Gasteiger partial charge in [-0.2, -0.15) is 0 Å². The molecule has 0 amide bonds. The first kappa shape index (κ1) is 17.8. The summed E-state index contributed by atoms with van der Waals surface area (Å²) in [6, 6.07) is 12.7. The Labute approximate surface area is 152 Å². The molecule has 134 valence electrons. The molecule has 4 heteroatoms. The number of phenols is 1. The topological polar surface area (TPSA) is 59.7 Å². The van der Waals surface area contributed by atoms with Gasteiger partial charge in [0.25, 0.3) is 0 Å². The lowest BCUT2D eigenvalue weighted by atomic mass is 10.0. The molecule has 0 atom stereocenters. The van der Waals surface area contributed by atoms with E-state index in [0.29, 0.717) is 0 Å². The van der Waals surface area contributed by atoms with E-state index < -0.39 is 5.60 Å². The number of fused-ring (bicyclic) bond motifs is 1. The van der Waals surface area contributed by atoms with Crippen LogP contribution in [0.2, 0.25) is 0 Å². The summed E-state index contributed by atoms with van der Waals surface area (Å²) in [5.74, 6) is 0.622. The van der Waals surface area contributed by atoms with Crippen LogP contribution >= 0.6 is 0 Å². The highest BCUT2D eigenvalue weighted by atomic mass is 16.6. The first-order chi connectivity index (χ1) is 12.2. The molecular weight excluding hydrogens is 328 g/mol. The highest BCUT2D eigenvalue weighted by molar-refractivity contribution is 5.91. The number of benzene rings is 2. The maximum atomic E-state index is 11.8. The van der Waals surface area contributed by atoms with Crippen LogP contribution in [0, 0.1) is 6.92 Å². The van der Waals surface area contributed by atoms with Crippen LogP contribution in [0.15, 0.2) is 53.0 Å². The van der Waals surface area contributed by atoms with Gasteiger partial charge in [-0.15, -0.1) is 0 Å². The van der Waals surface area contributed by atoms with Crippen molar-refractivity contribution in [2.24, 2.45) is 0 Å². The van der Waals surface area contributed by atoms with Crippen molar-refractivity contribution in [3.8, 4) is 17.1 Å². The number of aryl methyl sites for hydroxylation is 1. The standard InChI is InChI=1S/C22H22O4/c1-14-18-13-15(6-12-20(24)26-22(2,3)4)5-11-19(18)25-21(14)16-7-9-17(23)10-8-16/h5-13,23H,1-4H3/b12-6+. The van der Waals surface area contributed by atoms with Gasteiger partial charge in [-0.3, -0.25) is 0 Å². The van der Waals surface area contributed by atoms with Gasteiger partial charge in [-0.25, -0.2) is 4.79 Å². The van der Waals surface area contributed by atoms with E-state index in [0.717, 1.165) is 33.4 Å². The molecule has 0 aliphatic carbocycles. The van der Waals surface area contributed by atoms with E-state index in [9.17, 15) is 9.90 Å². The maximum absolute atomic E-state index is 11.8. The summed E-state index contributed by atoms with van der Waals surface area (Å²) < 4.78 is 11.3. The molecule has 26 heavy (non-hydrogen) atoms. The number of hydrogen-bond acceptors (Lipinski definition) is 4. The molecule has 0 aliphatic heterocycles. The molecule has 0 fully saturated rings. The summed E-state index contributed by atoms with van der Waals surface area (Å²) >= 11 is 0. The molecule has 0 radical (unpaired) electrons. The van der Waals surface area contributed by atoms with Gasteiger partial charge in [0.2, 0.25) is 0 Å². The number of phenolic OH excluding ortho intramolecular Hbond substituents is 1. The monoisotopic (exact) mass is 350 g/mol. The van der Waals surface area contributed by atoms with Crippen LogP contribution in [0.4, 0.5) is 0 Å². The van der Waals surface area contributed by atoms with Crippen molar-refractivity contribution in [2.45, 2.75) is 33.3 Å². The van der Waals surface area contributed by atoms with Gasteiger partial charge in [-0.1, -0.05) is 6.07 Å². The van der Waals surface area contributed by atoms with Gasteiger partial charge in [0.05, 0.1) is 0 Å². The zero-order valence-corrected chi connectivity index (χ0v) is 15.4. The Morgan fingerprint density at radius 3 is 2.46 bits per heavy atom. The number of aromatic hydroxyl groups is 1. The Kier molecular flexibility index (Phi) is 4.60. The first-order valence-corrected chi connectivity index (χ1v) is 8.46. The summed E-state index contributed by atoms with van der Waals surface area (Å²) in [4.78, 5) is 11.8. The van der Waals surface area contributed by atoms with Crippen molar-refractivity contribution < 1.29 is 19.1 Å². The molecular formula is C22H22O4. The van der Waals surface area contributed by atoms with E-state index in [2.05, 4.69) is 0 Å². The van der Waals surface area contributed by atoms with E-state index in [4.69, 9.17) is 9.15 Å². The highest BCUT2D eigenvalue weighted by Crippen LogP contribution is 2.34. The number of hydrogen-bond donors (Lipinski definition) is 1. The number of furan rings is 1. The van der Waals surface area contributed by atoms with Crippen molar-refractivity contribution in [3.63, 3.8) is 0 Å². The average molecular weight is 350 g/mol. The molecule has 4 nitrogen and oxygen atoms in total. The van der Waals surface area contributed by atoms with Crippen LogP contribution in [0.25, 0.3) is 28.4 Å². The second kappa shape index (κ2) is 6.71. The SMILES string of the molecule is Cc1c(-c2ccc(O)cc2)oc2ccc(/C=C/C(=O)OC(C)(C)C)cc12. The minimum atomic E-state index is -0.508. The summed E-state index contributed by atoms with van der Waals surface area (Å²) in [5.41, 5.74) is 3.08. The fourth-order valence-corrected chi connectivity index (χ4v) is 2.73. The Morgan fingerprint density at radius 2 is 1.81 bits per heavy atom. The van der Waals surface area contributed by atoms with Crippen LogP contribution < -0.4 is 0 Å². The molecule has 1 heterocycles. The van der Waals surface area contributed by atoms with Crippen molar-refractivity contribution in [2.75, 3.05) is 0 Å². The summed E-state index contributed by atoms with van der Waals surface area (Å²) in [7, 11) is 0. The highest BCUT2D eigenvalue weighted by Gasteiger charge is 2.15. The molecule has 0 bridgehead atoms. The number of esters is 1. The molecule has 0 saturated carbocycles. The second-order valence-corrected chi connectivity index (χ2v) is 7.23. The van der Waals surface area contributed by atoms with Gasteiger partial charge in [0.15, 0.2) is 0 Å². The molecule has 0 saturated heterocycles. The predicted molar refractivity (Wildman–Crippen MR) is 103 cm³/mol. The lowest BCUT2D eigenvalue weighted by Gasteiger charge is -2.17. The third kappa shape index (κ3) is 3.97. The average Bonchev–Trinajstić information content (AvgIpc) is 2.89. The molecule has 1 N–H and O–H groups in total. The van der Waals surface area contributed by atoms with Gasteiger partial charge >= 0.3 is 5.97 Å². The fraction of sp³-hybridized carbons (Fsp3) is 0.227.